The highest BCUT2D eigenvalue weighted by molar-refractivity contribution is 7.13. The van der Waals surface area contributed by atoms with Crippen molar-refractivity contribution >= 4 is 22.9 Å². The number of aryl methyl sites for hydroxylation is 1. The molecule has 0 fully saturated rings. The number of furan rings is 1. The summed E-state index contributed by atoms with van der Waals surface area (Å²) in [4.78, 5) is 17.1. The van der Waals surface area contributed by atoms with Crippen LogP contribution in [0.25, 0.3) is 10.8 Å². The first-order chi connectivity index (χ1) is 14.7. The molecule has 2 aromatic heterocycles. The number of para-hydroxylation sites is 2. The van der Waals surface area contributed by atoms with Crippen LogP contribution in [0.3, 0.4) is 0 Å². The van der Waals surface area contributed by atoms with E-state index in [0.29, 0.717) is 23.7 Å². The second-order valence-electron chi connectivity index (χ2n) is 6.86. The van der Waals surface area contributed by atoms with Crippen LogP contribution < -0.4 is 10.1 Å². The first-order valence-electron chi connectivity index (χ1n) is 9.74. The van der Waals surface area contributed by atoms with Crippen LogP contribution in [0.1, 0.15) is 17.0 Å². The first-order valence-corrected chi connectivity index (χ1v) is 10.6. The van der Waals surface area contributed by atoms with Crippen LogP contribution in [0.5, 0.6) is 5.75 Å². The van der Waals surface area contributed by atoms with E-state index >= 15 is 0 Å². The van der Waals surface area contributed by atoms with Crippen molar-refractivity contribution in [2.75, 3.05) is 11.9 Å². The van der Waals surface area contributed by atoms with E-state index in [1.54, 1.807) is 0 Å². The van der Waals surface area contributed by atoms with E-state index in [-0.39, 0.29) is 12.3 Å². The van der Waals surface area contributed by atoms with E-state index in [1.165, 1.54) is 16.9 Å². The average molecular weight is 419 g/mol. The van der Waals surface area contributed by atoms with Gasteiger partial charge < -0.3 is 14.5 Å². The molecule has 0 unspecified atom stereocenters. The molecule has 0 saturated carbocycles. The van der Waals surface area contributed by atoms with Gasteiger partial charge in [-0.2, -0.15) is 0 Å². The zero-order chi connectivity index (χ0) is 20.8. The summed E-state index contributed by atoms with van der Waals surface area (Å²) in [5.74, 6) is 2.08. The number of nitrogens with zero attached hydrogens (tertiary/aromatic N) is 1. The van der Waals surface area contributed by atoms with Gasteiger partial charge in [0, 0.05) is 11.8 Å². The van der Waals surface area contributed by atoms with E-state index in [0.717, 1.165) is 22.9 Å². The van der Waals surface area contributed by atoms with Gasteiger partial charge in [-0.3, -0.25) is 4.79 Å². The molecule has 0 radical (unpaired) electrons. The number of hydrogen-bond acceptors (Lipinski definition) is 5. The predicted molar refractivity (Wildman–Crippen MR) is 119 cm³/mol. The number of ether oxygens (including phenoxy) is 1. The molecular formula is C24H22N2O3S. The smallest absolute Gasteiger partial charge is 0.230 e. The van der Waals surface area contributed by atoms with Crippen molar-refractivity contribution in [3.05, 3.63) is 89.1 Å². The van der Waals surface area contributed by atoms with Crippen molar-refractivity contribution in [2.45, 2.75) is 19.8 Å². The van der Waals surface area contributed by atoms with Gasteiger partial charge >= 0.3 is 0 Å². The lowest BCUT2D eigenvalue weighted by Crippen LogP contribution is -2.15. The summed E-state index contributed by atoms with van der Waals surface area (Å²) in [6, 6.07) is 21.4. The number of nitrogens with one attached hydrogen (secondary N) is 1. The molecule has 1 N–H and O–H groups in total. The number of benzene rings is 2. The molecule has 0 spiro atoms. The number of hydrogen-bond donors (Lipinski definition) is 1. The molecule has 6 heteroatoms. The number of rotatable bonds is 8. The molecule has 4 aromatic rings. The lowest BCUT2D eigenvalue weighted by atomic mass is 10.2. The zero-order valence-electron chi connectivity index (χ0n) is 16.6. The van der Waals surface area contributed by atoms with Crippen molar-refractivity contribution in [3.63, 3.8) is 0 Å². The quantitative estimate of drug-likeness (QED) is 0.409. The van der Waals surface area contributed by atoms with E-state index < -0.39 is 0 Å². The normalized spacial score (nSPS) is 10.7. The number of carbonyl (C=O) groups excluding carboxylic acids is 1. The second kappa shape index (κ2) is 9.41. The van der Waals surface area contributed by atoms with Gasteiger partial charge in [-0.25, -0.2) is 4.98 Å². The monoisotopic (exact) mass is 418 g/mol. The molecule has 0 aliphatic carbocycles. The maximum absolute atomic E-state index is 12.6. The van der Waals surface area contributed by atoms with Gasteiger partial charge in [-0.15, -0.1) is 11.3 Å². The first kappa shape index (κ1) is 19.9. The summed E-state index contributed by atoms with van der Waals surface area (Å²) in [7, 11) is 0. The minimum Gasteiger partial charge on any atom is -0.491 e. The van der Waals surface area contributed by atoms with Gasteiger partial charge in [0.05, 0.1) is 24.4 Å². The molecule has 0 aliphatic heterocycles. The van der Waals surface area contributed by atoms with Gasteiger partial charge in [-0.05, 0) is 36.8 Å². The molecule has 0 saturated heterocycles. The Morgan fingerprint density at radius 3 is 2.67 bits per heavy atom. The number of amides is 1. The minimum atomic E-state index is -0.137. The number of aromatic nitrogens is 1. The largest absolute Gasteiger partial charge is 0.491 e. The highest BCUT2D eigenvalue weighted by Gasteiger charge is 2.13. The Balaban J connectivity index is 1.35. The van der Waals surface area contributed by atoms with Crippen molar-refractivity contribution in [1.29, 1.82) is 0 Å². The Bertz CT molecular complexity index is 1120. The molecule has 2 aromatic carbocycles. The van der Waals surface area contributed by atoms with E-state index in [4.69, 9.17) is 9.15 Å². The van der Waals surface area contributed by atoms with Gasteiger partial charge in [0.1, 0.15) is 11.5 Å². The SMILES string of the molecule is Cc1ccc(-c2nc(CC(=O)Nc3ccccc3OCCc3ccccc3)cs2)o1. The summed E-state index contributed by atoms with van der Waals surface area (Å²) < 4.78 is 11.5. The van der Waals surface area contributed by atoms with Crippen molar-refractivity contribution < 1.29 is 13.9 Å². The third-order valence-electron chi connectivity index (χ3n) is 4.50. The molecule has 30 heavy (non-hydrogen) atoms. The predicted octanol–water partition coefficient (Wildman–Crippen LogP) is 5.51. The van der Waals surface area contributed by atoms with Gasteiger partial charge in [0.25, 0.3) is 0 Å². The third kappa shape index (κ3) is 5.15. The summed E-state index contributed by atoms with van der Waals surface area (Å²) in [5.41, 5.74) is 2.59. The number of carbonyl (C=O) groups is 1. The summed E-state index contributed by atoms with van der Waals surface area (Å²) in [6.07, 6.45) is 0.992. The fourth-order valence-electron chi connectivity index (χ4n) is 3.03. The molecule has 1 amide bonds. The Labute approximate surface area is 179 Å². The average Bonchev–Trinajstić information content (AvgIpc) is 3.39. The minimum absolute atomic E-state index is 0.137. The van der Waals surface area contributed by atoms with Gasteiger partial charge in [-0.1, -0.05) is 42.5 Å². The molecule has 0 bridgehead atoms. The Morgan fingerprint density at radius 2 is 1.87 bits per heavy atom. The standard InChI is InChI=1S/C24H22N2O3S/c1-17-11-12-22(29-17)24-25-19(16-30-24)15-23(27)26-20-9-5-6-10-21(20)28-14-13-18-7-3-2-4-8-18/h2-12,16H,13-15H2,1H3,(H,26,27). The fourth-order valence-corrected chi connectivity index (χ4v) is 3.81. The highest BCUT2D eigenvalue weighted by atomic mass is 32.1. The fraction of sp³-hybridized carbons (Fsp3) is 0.167. The van der Waals surface area contributed by atoms with E-state index in [2.05, 4.69) is 22.4 Å². The summed E-state index contributed by atoms with van der Waals surface area (Å²) >= 11 is 1.47. The lowest BCUT2D eigenvalue weighted by Gasteiger charge is -2.12. The molecule has 0 atom stereocenters. The topological polar surface area (TPSA) is 64.4 Å². The van der Waals surface area contributed by atoms with Crippen LogP contribution >= 0.6 is 11.3 Å². The molecule has 0 aliphatic rings. The summed E-state index contributed by atoms with van der Waals surface area (Å²) in [5, 5.41) is 5.60. The van der Waals surface area contributed by atoms with Crippen LogP contribution in [-0.2, 0) is 17.6 Å². The molecular weight excluding hydrogens is 396 g/mol. The molecule has 152 valence electrons. The lowest BCUT2D eigenvalue weighted by molar-refractivity contribution is -0.115. The highest BCUT2D eigenvalue weighted by Crippen LogP contribution is 2.27. The van der Waals surface area contributed by atoms with Crippen LogP contribution in [0.2, 0.25) is 0 Å². The Hall–Kier alpha value is -3.38. The van der Waals surface area contributed by atoms with Crippen molar-refractivity contribution in [3.8, 4) is 16.5 Å². The zero-order valence-corrected chi connectivity index (χ0v) is 17.4. The van der Waals surface area contributed by atoms with Crippen LogP contribution in [0.15, 0.2) is 76.5 Å². The second-order valence-corrected chi connectivity index (χ2v) is 7.72. The maximum atomic E-state index is 12.6. The van der Waals surface area contributed by atoms with Crippen LogP contribution in [0, 0.1) is 6.92 Å². The number of anilines is 1. The van der Waals surface area contributed by atoms with E-state index in [9.17, 15) is 4.79 Å². The Morgan fingerprint density at radius 1 is 1.07 bits per heavy atom. The van der Waals surface area contributed by atoms with E-state index in [1.807, 2.05) is 66.9 Å². The summed E-state index contributed by atoms with van der Waals surface area (Å²) in [6.45, 7) is 2.43. The van der Waals surface area contributed by atoms with Crippen LogP contribution in [-0.4, -0.2) is 17.5 Å². The molecule has 5 nitrogen and oxygen atoms in total. The maximum Gasteiger partial charge on any atom is 0.230 e. The molecule has 4 rings (SSSR count). The molecule has 2 heterocycles. The van der Waals surface area contributed by atoms with Gasteiger partial charge in [0.2, 0.25) is 5.91 Å². The van der Waals surface area contributed by atoms with Crippen molar-refractivity contribution in [2.24, 2.45) is 0 Å². The Kier molecular flexibility index (Phi) is 6.25. The third-order valence-corrected chi connectivity index (χ3v) is 5.40. The van der Waals surface area contributed by atoms with Crippen molar-refractivity contribution in [1.82, 2.24) is 4.98 Å². The van der Waals surface area contributed by atoms with Gasteiger partial charge in [0.15, 0.2) is 10.8 Å². The number of thiazole rings is 1. The van der Waals surface area contributed by atoms with Crippen LogP contribution in [0.4, 0.5) is 5.69 Å².